The molecule has 0 aromatic carbocycles. The van der Waals surface area contributed by atoms with Gasteiger partial charge in [0.1, 0.15) is 0 Å². The van der Waals surface area contributed by atoms with Crippen LogP contribution in [-0.2, 0) is 4.43 Å². The summed E-state index contributed by atoms with van der Waals surface area (Å²) in [5.41, 5.74) is -0.392. The fourth-order valence-electron chi connectivity index (χ4n) is 0.853. The van der Waals surface area contributed by atoms with Crippen LogP contribution in [0.4, 0.5) is 0 Å². The largest absolute Gasteiger partial charge is 0.413 e. The van der Waals surface area contributed by atoms with E-state index in [0.29, 0.717) is 6.61 Å². The van der Waals surface area contributed by atoms with Gasteiger partial charge in [0, 0.05) is 0 Å². The van der Waals surface area contributed by atoms with Crippen LogP contribution >= 0.6 is 0 Å². The highest BCUT2D eigenvalue weighted by Gasteiger charge is 2.36. The third kappa shape index (κ3) is 4.96. The Labute approximate surface area is 101 Å². The normalized spacial score (nSPS) is 14.1. The van der Waals surface area contributed by atoms with Gasteiger partial charge < -0.3 is 4.43 Å². The number of allylic oxidation sites excluding steroid dienone is 1. The van der Waals surface area contributed by atoms with E-state index >= 15 is 0 Å². The van der Waals surface area contributed by atoms with E-state index in [1.54, 1.807) is 0 Å². The SMILES string of the molecule is CC(C)(C#N)/C=C/CO[Si](C)(C)C(C)(C)C. The summed E-state index contributed by atoms with van der Waals surface area (Å²) in [7, 11) is -1.65. The van der Waals surface area contributed by atoms with Crippen molar-refractivity contribution >= 4 is 8.32 Å². The minimum Gasteiger partial charge on any atom is -0.413 e. The zero-order valence-corrected chi connectivity index (χ0v) is 12.7. The van der Waals surface area contributed by atoms with Crippen molar-refractivity contribution in [2.45, 2.75) is 52.8 Å². The molecule has 0 aliphatic heterocycles. The first-order valence-electron chi connectivity index (χ1n) is 5.75. The Morgan fingerprint density at radius 3 is 2.06 bits per heavy atom. The highest BCUT2D eigenvalue weighted by atomic mass is 28.4. The van der Waals surface area contributed by atoms with Crippen LogP contribution in [0.15, 0.2) is 12.2 Å². The molecular weight excluding hydrogens is 214 g/mol. The van der Waals surface area contributed by atoms with E-state index in [0.717, 1.165) is 0 Å². The number of rotatable bonds is 4. The molecule has 0 aliphatic carbocycles. The van der Waals surface area contributed by atoms with Crippen LogP contribution in [0, 0.1) is 16.7 Å². The standard InChI is InChI=1S/C13H25NOSi/c1-12(2,3)16(6,7)15-10-8-9-13(4,5)11-14/h8-9H,10H2,1-7H3/b9-8+. The van der Waals surface area contributed by atoms with Crippen LogP contribution in [0.2, 0.25) is 18.1 Å². The third-order valence-electron chi connectivity index (χ3n) is 3.17. The van der Waals surface area contributed by atoms with Crippen LogP contribution in [-0.4, -0.2) is 14.9 Å². The summed E-state index contributed by atoms with van der Waals surface area (Å²) in [5.74, 6) is 0. The van der Waals surface area contributed by atoms with E-state index < -0.39 is 13.7 Å². The quantitative estimate of drug-likeness (QED) is 0.546. The molecule has 16 heavy (non-hydrogen) atoms. The van der Waals surface area contributed by atoms with Gasteiger partial charge in [-0.1, -0.05) is 32.9 Å². The lowest BCUT2D eigenvalue weighted by Gasteiger charge is -2.35. The van der Waals surface area contributed by atoms with Crippen LogP contribution in [0.25, 0.3) is 0 Å². The molecular formula is C13H25NOSi. The fourth-order valence-corrected chi connectivity index (χ4v) is 1.80. The monoisotopic (exact) mass is 239 g/mol. The van der Waals surface area contributed by atoms with E-state index in [-0.39, 0.29) is 5.04 Å². The van der Waals surface area contributed by atoms with Gasteiger partial charge in [0.2, 0.25) is 0 Å². The highest BCUT2D eigenvalue weighted by molar-refractivity contribution is 6.74. The van der Waals surface area contributed by atoms with Crippen LogP contribution in [0.5, 0.6) is 0 Å². The van der Waals surface area contributed by atoms with Crippen LogP contribution < -0.4 is 0 Å². The van der Waals surface area contributed by atoms with Gasteiger partial charge in [0.15, 0.2) is 8.32 Å². The molecule has 3 heteroatoms. The molecule has 0 saturated heterocycles. The second-order valence-corrected chi connectivity index (χ2v) is 11.1. The lowest BCUT2D eigenvalue weighted by molar-refractivity contribution is 0.327. The van der Waals surface area contributed by atoms with E-state index in [9.17, 15) is 0 Å². The summed E-state index contributed by atoms with van der Waals surface area (Å²) < 4.78 is 5.98. The Bertz CT molecular complexity index is 292. The predicted octanol–water partition coefficient (Wildman–Crippen LogP) is 4.11. The Kier molecular flexibility index (Phi) is 4.97. The molecule has 92 valence electrons. The number of hydrogen-bond donors (Lipinski definition) is 0. The molecule has 0 aromatic rings. The first kappa shape index (κ1) is 15.4. The van der Waals surface area contributed by atoms with Gasteiger partial charge >= 0.3 is 0 Å². The van der Waals surface area contributed by atoms with E-state index in [1.165, 1.54) is 0 Å². The van der Waals surface area contributed by atoms with Crippen molar-refractivity contribution in [1.29, 1.82) is 5.26 Å². The van der Waals surface area contributed by atoms with Gasteiger partial charge in [-0.2, -0.15) is 5.26 Å². The molecule has 0 bridgehead atoms. The first-order chi connectivity index (χ1) is 7.02. The summed E-state index contributed by atoms with van der Waals surface area (Å²) in [6, 6.07) is 2.24. The second-order valence-electron chi connectivity index (χ2n) is 6.31. The van der Waals surface area contributed by atoms with Crippen LogP contribution in [0.1, 0.15) is 34.6 Å². The number of nitrogens with zero attached hydrogens (tertiary/aromatic N) is 1. The molecule has 0 amide bonds. The molecule has 0 fully saturated rings. The van der Waals surface area contributed by atoms with Gasteiger partial charge in [0.05, 0.1) is 18.1 Å². The molecule has 2 nitrogen and oxygen atoms in total. The van der Waals surface area contributed by atoms with E-state index in [2.05, 4.69) is 39.9 Å². The molecule has 0 spiro atoms. The summed E-state index contributed by atoms with van der Waals surface area (Å²) in [6.45, 7) is 15.5. The predicted molar refractivity (Wildman–Crippen MR) is 71.7 cm³/mol. The fraction of sp³-hybridized carbons (Fsp3) is 0.769. The summed E-state index contributed by atoms with van der Waals surface area (Å²) >= 11 is 0. The maximum absolute atomic E-state index is 8.85. The molecule has 0 atom stereocenters. The van der Waals surface area contributed by atoms with Crippen molar-refractivity contribution in [3.8, 4) is 6.07 Å². The lowest BCUT2D eigenvalue weighted by atomic mass is 9.96. The van der Waals surface area contributed by atoms with Crippen molar-refractivity contribution in [2.75, 3.05) is 6.61 Å². The average molecular weight is 239 g/mol. The summed E-state index contributed by atoms with van der Waals surface area (Å²) in [4.78, 5) is 0. The van der Waals surface area contributed by atoms with Crippen molar-refractivity contribution in [2.24, 2.45) is 5.41 Å². The van der Waals surface area contributed by atoms with E-state index in [4.69, 9.17) is 9.69 Å². The Morgan fingerprint density at radius 2 is 1.69 bits per heavy atom. The number of nitriles is 1. The van der Waals surface area contributed by atoms with Gasteiger partial charge in [-0.3, -0.25) is 0 Å². The van der Waals surface area contributed by atoms with Crippen molar-refractivity contribution < 1.29 is 4.43 Å². The molecule has 0 aromatic heterocycles. The van der Waals surface area contributed by atoms with Gasteiger partial charge in [-0.05, 0) is 32.0 Å². The summed E-state index contributed by atoms with van der Waals surface area (Å²) in [5, 5.41) is 9.09. The minimum absolute atomic E-state index is 0.242. The molecule has 0 heterocycles. The molecule has 0 radical (unpaired) electrons. The molecule has 0 rings (SSSR count). The molecule has 0 aliphatic rings. The molecule has 0 saturated carbocycles. The van der Waals surface area contributed by atoms with E-state index in [1.807, 2.05) is 26.0 Å². The van der Waals surface area contributed by atoms with Crippen molar-refractivity contribution in [3.05, 3.63) is 12.2 Å². The number of hydrogen-bond acceptors (Lipinski definition) is 2. The Hall–Kier alpha value is -0.593. The highest BCUT2D eigenvalue weighted by Crippen LogP contribution is 2.36. The first-order valence-corrected chi connectivity index (χ1v) is 8.65. The maximum atomic E-state index is 8.85. The molecule has 0 unspecified atom stereocenters. The zero-order chi connectivity index (χ0) is 13.0. The maximum Gasteiger partial charge on any atom is 0.192 e. The smallest absolute Gasteiger partial charge is 0.192 e. The van der Waals surface area contributed by atoms with Gasteiger partial charge in [-0.25, -0.2) is 0 Å². The third-order valence-corrected chi connectivity index (χ3v) is 7.67. The molecule has 0 N–H and O–H groups in total. The second kappa shape index (κ2) is 5.16. The van der Waals surface area contributed by atoms with Crippen molar-refractivity contribution in [1.82, 2.24) is 0 Å². The van der Waals surface area contributed by atoms with Crippen LogP contribution in [0.3, 0.4) is 0 Å². The average Bonchev–Trinajstić information content (AvgIpc) is 2.11. The summed E-state index contributed by atoms with van der Waals surface area (Å²) in [6.07, 6.45) is 3.88. The van der Waals surface area contributed by atoms with Crippen molar-refractivity contribution in [3.63, 3.8) is 0 Å². The Balaban J connectivity index is 4.26. The Morgan fingerprint density at radius 1 is 1.19 bits per heavy atom. The lowest BCUT2D eigenvalue weighted by Crippen LogP contribution is -2.40. The van der Waals surface area contributed by atoms with Gasteiger partial charge in [-0.15, -0.1) is 0 Å². The minimum atomic E-state index is -1.65. The zero-order valence-electron chi connectivity index (χ0n) is 11.7. The van der Waals surface area contributed by atoms with Gasteiger partial charge in [0.25, 0.3) is 0 Å². The topological polar surface area (TPSA) is 33.0 Å².